The molecule has 0 spiro atoms. The number of hydrogen-bond acceptors (Lipinski definition) is 5. The van der Waals surface area contributed by atoms with E-state index in [4.69, 9.17) is 10.00 Å². The third kappa shape index (κ3) is 5.32. The van der Waals surface area contributed by atoms with Gasteiger partial charge >= 0.3 is 0 Å². The molecule has 1 saturated carbocycles. The molecule has 1 fully saturated rings. The molecule has 1 aromatic heterocycles. The molecule has 1 heterocycles. The van der Waals surface area contributed by atoms with Crippen LogP contribution >= 0.6 is 0 Å². The molecule has 3 rings (SSSR count). The van der Waals surface area contributed by atoms with Crippen LogP contribution in [0.2, 0.25) is 0 Å². The fraction of sp³-hybridized carbons (Fsp3) is 0.478. The SMILES string of the molecule is CCc1cc(OC2CCC(NC(=O)c3ccc(C(C)C)nn3)CC2)ccc1C#N. The minimum Gasteiger partial charge on any atom is -0.490 e. The first-order chi connectivity index (χ1) is 14.0. The summed E-state index contributed by atoms with van der Waals surface area (Å²) in [6, 6.07) is 11.6. The number of aromatic nitrogens is 2. The number of rotatable bonds is 6. The molecule has 0 radical (unpaired) electrons. The van der Waals surface area contributed by atoms with Crippen molar-refractivity contribution in [2.24, 2.45) is 0 Å². The Labute approximate surface area is 172 Å². The Hall–Kier alpha value is -2.94. The molecule has 1 aliphatic rings. The van der Waals surface area contributed by atoms with Crippen molar-refractivity contribution >= 4 is 5.91 Å². The van der Waals surface area contributed by atoms with Gasteiger partial charge in [-0.3, -0.25) is 4.79 Å². The van der Waals surface area contributed by atoms with Crippen LogP contribution in [-0.2, 0) is 6.42 Å². The molecule has 0 bridgehead atoms. The third-order valence-electron chi connectivity index (χ3n) is 5.40. The van der Waals surface area contributed by atoms with Gasteiger partial charge in [0.05, 0.1) is 23.4 Å². The van der Waals surface area contributed by atoms with Crippen LogP contribution in [-0.4, -0.2) is 28.3 Å². The normalized spacial score (nSPS) is 18.9. The molecular formula is C23H28N4O2. The summed E-state index contributed by atoms with van der Waals surface area (Å²) in [6.07, 6.45) is 4.43. The van der Waals surface area contributed by atoms with E-state index in [2.05, 4.69) is 21.6 Å². The van der Waals surface area contributed by atoms with E-state index in [1.165, 1.54) is 0 Å². The van der Waals surface area contributed by atoms with Gasteiger partial charge in [-0.1, -0.05) is 20.8 Å². The maximum absolute atomic E-state index is 12.4. The number of carbonyl (C=O) groups is 1. The molecule has 1 aliphatic carbocycles. The van der Waals surface area contributed by atoms with E-state index in [0.717, 1.165) is 49.1 Å². The number of nitriles is 1. The topological polar surface area (TPSA) is 87.9 Å². The summed E-state index contributed by atoms with van der Waals surface area (Å²) in [7, 11) is 0. The van der Waals surface area contributed by atoms with Gasteiger partial charge in [-0.2, -0.15) is 10.4 Å². The lowest BCUT2D eigenvalue weighted by molar-refractivity contribution is 0.0888. The van der Waals surface area contributed by atoms with Gasteiger partial charge in [0.2, 0.25) is 0 Å². The van der Waals surface area contributed by atoms with Crippen molar-refractivity contribution in [1.82, 2.24) is 15.5 Å². The predicted molar refractivity (Wildman–Crippen MR) is 111 cm³/mol. The van der Waals surface area contributed by atoms with Gasteiger partial charge in [0.15, 0.2) is 5.69 Å². The highest BCUT2D eigenvalue weighted by Gasteiger charge is 2.24. The van der Waals surface area contributed by atoms with Crippen molar-refractivity contribution in [1.29, 1.82) is 5.26 Å². The van der Waals surface area contributed by atoms with Gasteiger partial charge < -0.3 is 10.1 Å². The lowest BCUT2D eigenvalue weighted by Crippen LogP contribution is -2.40. The van der Waals surface area contributed by atoms with Gasteiger partial charge in [0.25, 0.3) is 5.91 Å². The summed E-state index contributed by atoms with van der Waals surface area (Å²) in [6.45, 7) is 6.13. The summed E-state index contributed by atoms with van der Waals surface area (Å²) >= 11 is 0. The molecule has 6 heteroatoms. The number of benzene rings is 1. The zero-order valence-corrected chi connectivity index (χ0v) is 17.3. The molecule has 2 aromatic rings. The first kappa shape index (κ1) is 20.8. The second kappa shape index (κ2) is 9.51. The van der Waals surface area contributed by atoms with Crippen LogP contribution < -0.4 is 10.1 Å². The maximum atomic E-state index is 12.4. The van der Waals surface area contributed by atoms with Crippen molar-refractivity contribution in [3.05, 3.63) is 52.8 Å². The molecule has 0 saturated heterocycles. The molecule has 1 N–H and O–H groups in total. The van der Waals surface area contributed by atoms with Crippen LogP contribution in [0.3, 0.4) is 0 Å². The molecule has 1 amide bonds. The third-order valence-corrected chi connectivity index (χ3v) is 5.40. The van der Waals surface area contributed by atoms with E-state index in [0.29, 0.717) is 17.2 Å². The van der Waals surface area contributed by atoms with Gasteiger partial charge in [-0.25, -0.2) is 0 Å². The molecular weight excluding hydrogens is 364 g/mol. The number of aryl methyl sites for hydroxylation is 1. The Morgan fingerprint density at radius 2 is 1.97 bits per heavy atom. The highest BCUT2D eigenvalue weighted by atomic mass is 16.5. The van der Waals surface area contributed by atoms with Crippen molar-refractivity contribution in [3.8, 4) is 11.8 Å². The van der Waals surface area contributed by atoms with Gasteiger partial charge in [-0.05, 0) is 73.9 Å². The monoisotopic (exact) mass is 392 g/mol. The zero-order valence-electron chi connectivity index (χ0n) is 17.3. The smallest absolute Gasteiger partial charge is 0.272 e. The van der Waals surface area contributed by atoms with Crippen molar-refractivity contribution < 1.29 is 9.53 Å². The first-order valence-electron chi connectivity index (χ1n) is 10.3. The average molecular weight is 393 g/mol. The lowest BCUT2D eigenvalue weighted by atomic mass is 9.92. The Morgan fingerprint density at radius 3 is 2.55 bits per heavy atom. The highest BCUT2D eigenvalue weighted by Crippen LogP contribution is 2.26. The van der Waals surface area contributed by atoms with E-state index < -0.39 is 0 Å². The zero-order chi connectivity index (χ0) is 20.8. The van der Waals surface area contributed by atoms with Gasteiger partial charge in [0, 0.05) is 6.04 Å². The standard InChI is InChI=1S/C23H28N4O2/c1-4-16-13-20(8-5-17(16)14-24)29-19-9-6-18(7-10-19)25-23(28)22-12-11-21(15(2)3)26-27-22/h5,8,11-13,15,18-19H,4,6-7,9-10H2,1-3H3,(H,25,28). The number of nitrogens with one attached hydrogen (secondary N) is 1. The Balaban J connectivity index is 1.50. The van der Waals surface area contributed by atoms with Crippen molar-refractivity contribution in [3.63, 3.8) is 0 Å². The number of ether oxygens (including phenoxy) is 1. The van der Waals surface area contributed by atoms with Crippen LogP contribution in [0.25, 0.3) is 0 Å². The Kier molecular flexibility index (Phi) is 6.82. The fourth-order valence-corrected chi connectivity index (χ4v) is 3.59. The highest BCUT2D eigenvalue weighted by molar-refractivity contribution is 5.92. The van der Waals surface area contributed by atoms with E-state index >= 15 is 0 Å². The van der Waals surface area contributed by atoms with E-state index in [-0.39, 0.29) is 18.1 Å². The second-order valence-electron chi connectivity index (χ2n) is 7.85. The Morgan fingerprint density at radius 1 is 1.21 bits per heavy atom. The molecule has 1 aromatic carbocycles. The van der Waals surface area contributed by atoms with Gasteiger partial charge in [0.1, 0.15) is 5.75 Å². The average Bonchev–Trinajstić information content (AvgIpc) is 2.75. The van der Waals surface area contributed by atoms with Crippen molar-refractivity contribution in [2.75, 3.05) is 0 Å². The van der Waals surface area contributed by atoms with Crippen LogP contribution in [0, 0.1) is 11.3 Å². The summed E-state index contributed by atoms with van der Waals surface area (Å²) in [4.78, 5) is 12.4. The minimum atomic E-state index is -0.170. The summed E-state index contributed by atoms with van der Waals surface area (Å²) < 4.78 is 6.13. The first-order valence-corrected chi connectivity index (χ1v) is 10.3. The number of carbonyl (C=O) groups excluding carboxylic acids is 1. The fourth-order valence-electron chi connectivity index (χ4n) is 3.59. The molecule has 6 nitrogen and oxygen atoms in total. The van der Waals surface area contributed by atoms with E-state index in [9.17, 15) is 4.79 Å². The Bertz CT molecular complexity index is 879. The minimum absolute atomic E-state index is 0.126. The van der Waals surface area contributed by atoms with Crippen LogP contribution in [0.1, 0.15) is 79.7 Å². The van der Waals surface area contributed by atoms with Gasteiger partial charge in [-0.15, -0.1) is 5.10 Å². The summed E-state index contributed by atoms with van der Waals surface area (Å²) in [5.74, 6) is 0.935. The second-order valence-corrected chi connectivity index (χ2v) is 7.85. The van der Waals surface area contributed by atoms with Crippen LogP contribution in [0.4, 0.5) is 0 Å². The molecule has 0 aliphatic heterocycles. The number of hydrogen-bond donors (Lipinski definition) is 1. The number of nitrogens with zero attached hydrogens (tertiary/aromatic N) is 3. The predicted octanol–water partition coefficient (Wildman–Crippen LogP) is 4.15. The maximum Gasteiger partial charge on any atom is 0.272 e. The summed E-state index contributed by atoms with van der Waals surface area (Å²) in [5.41, 5.74) is 2.96. The quantitative estimate of drug-likeness (QED) is 0.798. The molecule has 0 unspecified atom stereocenters. The lowest BCUT2D eigenvalue weighted by Gasteiger charge is -2.29. The number of amides is 1. The molecule has 29 heavy (non-hydrogen) atoms. The summed E-state index contributed by atoms with van der Waals surface area (Å²) in [5, 5.41) is 20.4. The largest absolute Gasteiger partial charge is 0.490 e. The molecule has 152 valence electrons. The van der Waals surface area contributed by atoms with Crippen molar-refractivity contribution in [2.45, 2.75) is 70.9 Å². The van der Waals surface area contributed by atoms with Crippen LogP contribution in [0.15, 0.2) is 30.3 Å². The molecule has 0 atom stereocenters. The van der Waals surface area contributed by atoms with Crippen LogP contribution in [0.5, 0.6) is 5.75 Å². The van der Waals surface area contributed by atoms with E-state index in [1.54, 1.807) is 6.07 Å². The van der Waals surface area contributed by atoms with E-state index in [1.807, 2.05) is 45.0 Å².